The van der Waals surface area contributed by atoms with Crippen LogP contribution < -0.4 is 5.32 Å². The highest BCUT2D eigenvalue weighted by Gasteiger charge is 2.20. The van der Waals surface area contributed by atoms with Crippen molar-refractivity contribution in [3.05, 3.63) is 64.7 Å². The van der Waals surface area contributed by atoms with E-state index in [2.05, 4.69) is 61.6 Å². The average Bonchev–Trinajstić information content (AvgIpc) is 2.49. The SMILES string of the molecule is CCc1cccc(C)c1NC1CCCc2ccccc21. The minimum atomic E-state index is 0.464. The number of rotatable bonds is 3. The van der Waals surface area contributed by atoms with E-state index in [1.165, 1.54) is 47.2 Å². The molecule has 0 bridgehead atoms. The molecule has 1 unspecified atom stereocenters. The van der Waals surface area contributed by atoms with Gasteiger partial charge in [-0.15, -0.1) is 0 Å². The predicted octanol–water partition coefficient (Wildman–Crippen LogP) is 5.05. The number of hydrogen-bond acceptors (Lipinski definition) is 1. The van der Waals surface area contributed by atoms with E-state index in [-0.39, 0.29) is 0 Å². The van der Waals surface area contributed by atoms with Gasteiger partial charge in [-0.2, -0.15) is 0 Å². The zero-order chi connectivity index (χ0) is 13.9. The van der Waals surface area contributed by atoms with Gasteiger partial charge in [0.15, 0.2) is 0 Å². The Hall–Kier alpha value is -1.76. The molecule has 0 saturated heterocycles. The molecule has 0 heterocycles. The van der Waals surface area contributed by atoms with Crippen molar-refractivity contribution < 1.29 is 0 Å². The Labute approximate surface area is 122 Å². The predicted molar refractivity (Wildman–Crippen MR) is 86.3 cm³/mol. The van der Waals surface area contributed by atoms with Crippen molar-refractivity contribution in [2.75, 3.05) is 5.32 Å². The lowest BCUT2D eigenvalue weighted by Crippen LogP contribution is -2.18. The average molecular weight is 265 g/mol. The van der Waals surface area contributed by atoms with E-state index in [1.54, 1.807) is 0 Å². The largest absolute Gasteiger partial charge is 0.378 e. The van der Waals surface area contributed by atoms with Gasteiger partial charge in [0.2, 0.25) is 0 Å². The van der Waals surface area contributed by atoms with E-state index in [0.29, 0.717) is 6.04 Å². The van der Waals surface area contributed by atoms with Gasteiger partial charge in [-0.05, 0) is 54.9 Å². The van der Waals surface area contributed by atoms with Crippen molar-refractivity contribution in [2.45, 2.75) is 45.6 Å². The standard InChI is InChI=1S/C19H23N/c1-3-15-10-6-8-14(2)19(15)20-18-13-7-11-16-9-4-5-12-17(16)18/h4-6,8-10,12,18,20H,3,7,11,13H2,1-2H3. The monoisotopic (exact) mass is 265 g/mol. The van der Waals surface area contributed by atoms with Gasteiger partial charge in [0.25, 0.3) is 0 Å². The molecule has 1 heteroatoms. The zero-order valence-electron chi connectivity index (χ0n) is 12.4. The Kier molecular flexibility index (Phi) is 3.77. The summed E-state index contributed by atoms with van der Waals surface area (Å²) >= 11 is 0. The highest BCUT2D eigenvalue weighted by Crippen LogP contribution is 2.34. The molecular weight excluding hydrogens is 242 g/mol. The van der Waals surface area contributed by atoms with Gasteiger partial charge in [0, 0.05) is 5.69 Å². The number of nitrogens with one attached hydrogen (secondary N) is 1. The maximum absolute atomic E-state index is 3.82. The molecule has 2 aromatic carbocycles. The van der Waals surface area contributed by atoms with E-state index in [0.717, 1.165) is 6.42 Å². The molecule has 0 fully saturated rings. The van der Waals surface area contributed by atoms with E-state index in [9.17, 15) is 0 Å². The summed E-state index contributed by atoms with van der Waals surface area (Å²) in [6.45, 7) is 4.44. The summed E-state index contributed by atoms with van der Waals surface area (Å²) in [5.41, 5.74) is 7.13. The molecule has 0 aliphatic heterocycles. The molecule has 0 spiro atoms. The maximum atomic E-state index is 3.82. The first kappa shape index (κ1) is 13.2. The summed E-state index contributed by atoms with van der Waals surface area (Å²) < 4.78 is 0. The second-order valence-electron chi connectivity index (χ2n) is 5.75. The fourth-order valence-corrected chi connectivity index (χ4v) is 3.31. The van der Waals surface area contributed by atoms with Crippen molar-refractivity contribution in [2.24, 2.45) is 0 Å². The Morgan fingerprint density at radius 3 is 2.80 bits per heavy atom. The van der Waals surface area contributed by atoms with Gasteiger partial charge < -0.3 is 5.32 Å². The van der Waals surface area contributed by atoms with Crippen LogP contribution in [-0.2, 0) is 12.8 Å². The molecule has 1 aliphatic carbocycles. The molecule has 1 N–H and O–H groups in total. The third-order valence-electron chi connectivity index (χ3n) is 4.43. The minimum absolute atomic E-state index is 0.464. The molecule has 0 radical (unpaired) electrons. The molecule has 20 heavy (non-hydrogen) atoms. The third kappa shape index (κ3) is 2.45. The van der Waals surface area contributed by atoms with Crippen molar-refractivity contribution in [3.8, 4) is 0 Å². The molecular formula is C19H23N. The first-order valence-electron chi connectivity index (χ1n) is 7.72. The Balaban J connectivity index is 1.93. The number of aryl methyl sites for hydroxylation is 3. The highest BCUT2D eigenvalue weighted by molar-refractivity contribution is 5.59. The lowest BCUT2D eigenvalue weighted by atomic mass is 9.87. The Bertz CT molecular complexity index is 600. The summed E-state index contributed by atoms with van der Waals surface area (Å²) in [5, 5.41) is 3.82. The van der Waals surface area contributed by atoms with Crippen LogP contribution in [-0.4, -0.2) is 0 Å². The summed E-state index contributed by atoms with van der Waals surface area (Å²) in [5.74, 6) is 0. The van der Waals surface area contributed by atoms with E-state index >= 15 is 0 Å². The van der Waals surface area contributed by atoms with Gasteiger partial charge in [0.05, 0.1) is 6.04 Å². The van der Waals surface area contributed by atoms with Crippen LogP contribution in [0, 0.1) is 6.92 Å². The van der Waals surface area contributed by atoms with Crippen LogP contribution in [0.5, 0.6) is 0 Å². The minimum Gasteiger partial charge on any atom is -0.378 e. The van der Waals surface area contributed by atoms with Crippen LogP contribution in [0.1, 0.15) is 48.1 Å². The number of hydrogen-bond donors (Lipinski definition) is 1. The first-order valence-corrected chi connectivity index (χ1v) is 7.72. The first-order chi connectivity index (χ1) is 9.79. The van der Waals surface area contributed by atoms with Crippen LogP contribution >= 0.6 is 0 Å². The third-order valence-corrected chi connectivity index (χ3v) is 4.43. The zero-order valence-corrected chi connectivity index (χ0v) is 12.4. The smallest absolute Gasteiger partial charge is 0.0516 e. The fraction of sp³-hybridized carbons (Fsp3) is 0.368. The van der Waals surface area contributed by atoms with Gasteiger partial charge >= 0.3 is 0 Å². The molecule has 104 valence electrons. The van der Waals surface area contributed by atoms with E-state index in [4.69, 9.17) is 0 Å². The van der Waals surface area contributed by atoms with Crippen molar-refractivity contribution in [1.29, 1.82) is 0 Å². The van der Waals surface area contributed by atoms with Crippen LogP contribution in [0.4, 0.5) is 5.69 Å². The number of anilines is 1. The number of fused-ring (bicyclic) bond motifs is 1. The number of benzene rings is 2. The number of para-hydroxylation sites is 1. The molecule has 2 aromatic rings. The van der Waals surface area contributed by atoms with Crippen LogP contribution in [0.3, 0.4) is 0 Å². The molecule has 1 aliphatic rings. The lowest BCUT2D eigenvalue weighted by Gasteiger charge is -2.29. The van der Waals surface area contributed by atoms with Gasteiger partial charge in [0.1, 0.15) is 0 Å². The van der Waals surface area contributed by atoms with Crippen LogP contribution in [0.15, 0.2) is 42.5 Å². The molecule has 1 atom stereocenters. The topological polar surface area (TPSA) is 12.0 Å². The molecule has 3 rings (SSSR count). The van der Waals surface area contributed by atoms with Gasteiger partial charge in [-0.25, -0.2) is 0 Å². The van der Waals surface area contributed by atoms with Crippen molar-refractivity contribution in [3.63, 3.8) is 0 Å². The van der Waals surface area contributed by atoms with Crippen molar-refractivity contribution >= 4 is 5.69 Å². The van der Waals surface area contributed by atoms with Crippen molar-refractivity contribution in [1.82, 2.24) is 0 Å². The molecule has 1 nitrogen and oxygen atoms in total. The second kappa shape index (κ2) is 5.70. The highest BCUT2D eigenvalue weighted by atomic mass is 14.9. The summed E-state index contributed by atoms with van der Waals surface area (Å²) in [6.07, 6.45) is 4.82. The second-order valence-corrected chi connectivity index (χ2v) is 5.75. The molecule has 0 aromatic heterocycles. The maximum Gasteiger partial charge on any atom is 0.0516 e. The fourth-order valence-electron chi connectivity index (χ4n) is 3.31. The Morgan fingerprint density at radius 1 is 1.10 bits per heavy atom. The summed E-state index contributed by atoms with van der Waals surface area (Å²) in [4.78, 5) is 0. The normalized spacial score (nSPS) is 17.6. The van der Waals surface area contributed by atoms with E-state index in [1.807, 2.05) is 0 Å². The van der Waals surface area contributed by atoms with Gasteiger partial charge in [-0.1, -0.05) is 49.4 Å². The van der Waals surface area contributed by atoms with Gasteiger partial charge in [-0.3, -0.25) is 0 Å². The van der Waals surface area contributed by atoms with Crippen LogP contribution in [0.25, 0.3) is 0 Å². The summed E-state index contributed by atoms with van der Waals surface area (Å²) in [7, 11) is 0. The van der Waals surface area contributed by atoms with Crippen LogP contribution in [0.2, 0.25) is 0 Å². The lowest BCUT2D eigenvalue weighted by molar-refractivity contribution is 0.599. The van der Waals surface area contributed by atoms with E-state index < -0.39 is 0 Å². The molecule has 0 saturated carbocycles. The Morgan fingerprint density at radius 2 is 1.95 bits per heavy atom. The molecule has 0 amide bonds. The summed E-state index contributed by atoms with van der Waals surface area (Å²) in [6, 6.07) is 16.0. The quantitative estimate of drug-likeness (QED) is 0.819.